The summed E-state index contributed by atoms with van der Waals surface area (Å²) in [6.07, 6.45) is 1.06. The molecular weight excluding hydrogens is 320 g/mol. The van der Waals surface area contributed by atoms with E-state index in [9.17, 15) is 0 Å². The van der Waals surface area contributed by atoms with E-state index in [0.29, 0.717) is 6.04 Å². The molecule has 0 saturated carbocycles. The highest BCUT2D eigenvalue weighted by Crippen LogP contribution is 2.33. The van der Waals surface area contributed by atoms with Gasteiger partial charge in [0, 0.05) is 22.1 Å². The summed E-state index contributed by atoms with van der Waals surface area (Å²) in [5.74, 6) is 0. The van der Waals surface area contributed by atoms with Crippen molar-refractivity contribution in [3.05, 3.63) is 50.7 Å². The summed E-state index contributed by atoms with van der Waals surface area (Å²) >= 11 is 13.6. The maximum Gasteiger partial charge on any atom is 0.173 e. The van der Waals surface area contributed by atoms with Gasteiger partial charge in [0.25, 0.3) is 0 Å². The fourth-order valence-corrected chi connectivity index (χ4v) is 4.16. The van der Waals surface area contributed by atoms with Crippen LogP contribution in [0, 0.1) is 6.92 Å². The van der Waals surface area contributed by atoms with Crippen LogP contribution >= 0.6 is 35.2 Å². The molecule has 1 N–H and O–H groups in total. The third kappa shape index (κ3) is 2.93. The molecule has 21 heavy (non-hydrogen) atoms. The minimum atomic E-state index is 0.320. The van der Waals surface area contributed by atoms with Crippen LogP contribution in [-0.2, 0) is 6.42 Å². The number of thiocarbonyl (C=S) groups is 1. The first-order valence-electron chi connectivity index (χ1n) is 6.96. The second-order valence-corrected chi connectivity index (χ2v) is 7.11. The first kappa shape index (κ1) is 14.8. The Bertz CT molecular complexity index is 681. The summed E-state index contributed by atoms with van der Waals surface area (Å²) in [5, 5.41) is 7.00. The zero-order chi connectivity index (χ0) is 15.0. The van der Waals surface area contributed by atoms with Crippen LogP contribution in [0.3, 0.4) is 0 Å². The van der Waals surface area contributed by atoms with Gasteiger partial charge in [-0.25, -0.2) is 0 Å². The number of nitrogens with zero attached hydrogens (tertiary/aromatic N) is 1. The molecule has 2 heterocycles. The first-order chi connectivity index (χ1) is 10.1. The summed E-state index contributed by atoms with van der Waals surface area (Å²) in [4.78, 5) is 3.73. The van der Waals surface area contributed by atoms with Gasteiger partial charge in [-0.3, -0.25) is 0 Å². The number of hydrogen-bond donors (Lipinski definition) is 1. The van der Waals surface area contributed by atoms with Crippen molar-refractivity contribution in [3.8, 4) is 0 Å². The number of anilines is 1. The number of halogens is 1. The normalized spacial score (nSPS) is 17.5. The molecule has 1 aliphatic rings. The fourth-order valence-electron chi connectivity index (χ4n) is 2.65. The quantitative estimate of drug-likeness (QED) is 0.735. The van der Waals surface area contributed by atoms with Gasteiger partial charge >= 0.3 is 0 Å². The van der Waals surface area contributed by atoms with Crippen LogP contribution < -0.4 is 5.32 Å². The van der Waals surface area contributed by atoms with Crippen molar-refractivity contribution in [1.29, 1.82) is 0 Å². The van der Waals surface area contributed by atoms with E-state index in [4.69, 9.17) is 23.8 Å². The molecule has 0 saturated heterocycles. The van der Waals surface area contributed by atoms with Gasteiger partial charge in [0.1, 0.15) is 0 Å². The highest BCUT2D eigenvalue weighted by Gasteiger charge is 2.26. The van der Waals surface area contributed by atoms with Crippen LogP contribution in [0.25, 0.3) is 0 Å². The molecule has 0 spiro atoms. The Balaban J connectivity index is 1.75. The molecule has 1 aliphatic heterocycles. The SMILES string of the molecule is Cc1ccc(NC(=S)N2CCc3sccc3[C@H]2C)cc1Cl. The van der Waals surface area contributed by atoms with Gasteiger partial charge in [0.2, 0.25) is 0 Å². The third-order valence-electron chi connectivity index (χ3n) is 3.96. The van der Waals surface area contributed by atoms with Gasteiger partial charge < -0.3 is 10.2 Å². The van der Waals surface area contributed by atoms with Gasteiger partial charge in [-0.2, -0.15) is 0 Å². The topological polar surface area (TPSA) is 15.3 Å². The molecule has 1 aromatic heterocycles. The van der Waals surface area contributed by atoms with Crippen molar-refractivity contribution in [2.45, 2.75) is 26.3 Å². The number of rotatable bonds is 1. The van der Waals surface area contributed by atoms with E-state index in [0.717, 1.165) is 34.4 Å². The highest BCUT2D eigenvalue weighted by molar-refractivity contribution is 7.80. The summed E-state index contributed by atoms with van der Waals surface area (Å²) in [6, 6.07) is 8.47. The Labute approximate surface area is 139 Å². The number of benzene rings is 1. The summed E-state index contributed by atoms with van der Waals surface area (Å²) in [7, 11) is 0. The Morgan fingerprint density at radius 1 is 1.43 bits per heavy atom. The monoisotopic (exact) mass is 336 g/mol. The molecule has 0 aliphatic carbocycles. The van der Waals surface area contributed by atoms with Crippen molar-refractivity contribution in [1.82, 2.24) is 4.90 Å². The predicted molar refractivity (Wildman–Crippen MR) is 95.6 cm³/mol. The molecule has 1 aromatic carbocycles. The molecule has 110 valence electrons. The average molecular weight is 337 g/mol. The Kier molecular flexibility index (Phi) is 4.20. The lowest BCUT2D eigenvalue weighted by molar-refractivity contribution is 0.326. The van der Waals surface area contributed by atoms with Gasteiger partial charge in [-0.15, -0.1) is 11.3 Å². The third-order valence-corrected chi connectivity index (χ3v) is 5.70. The van der Waals surface area contributed by atoms with Crippen LogP contribution in [0.5, 0.6) is 0 Å². The van der Waals surface area contributed by atoms with Gasteiger partial charge in [0.15, 0.2) is 5.11 Å². The fraction of sp³-hybridized carbons (Fsp3) is 0.312. The minimum absolute atomic E-state index is 0.320. The van der Waals surface area contributed by atoms with Gasteiger partial charge in [0.05, 0.1) is 6.04 Å². The number of nitrogens with one attached hydrogen (secondary N) is 1. The zero-order valence-electron chi connectivity index (χ0n) is 12.0. The largest absolute Gasteiger partial charge is 0.342 e. The molecule has 0 fully saturated rings. The van der Waals surface area contributed by atoms with Crippen LogP contribution in [-0.4, -0.2) is 16.6 Å². The predicted octanol–water partition coefficient (Wildman–Crippen LogP) is 5.03. The van der Waals surface area contributed by atoms with E-state index < -0.39 is 0 Å². The number of fused-ring (bicyclic) bond motifs is 1. The minimum Gasteiger partial charge on any atom is -0.342 e. The van der Waals surface area contributed by atoms with E-state index in [-0.39, 0.29) is 0 Å². The van der Waals surface area contributed by atoms with Crippen molar-refractivity contribution in [2.24, 2.45) is 0 Å². The van der Waals surface area contributed by atoms with Crippen molar-refractivity contribution < 1.29 is 0 Å². The summed E-state index contributed by atoms with van der Waals surface area (Å²) in [5.41, 5.74) is 3.42. The lowest BCUT2D eigenvalue weighted by Crippen LogP contribution is -2.40. The maximum atomic E-state index is 6.17. The second kappa shape index (κ2) is 5.95. The van der Waals surface area contributed by atoms with Crippen LogP contribution in [0.2, 0.25) is 5.02 Å². The molecule has 0 radical (unpaired) electrons. The molecule has 5 heteroatoms. The summed E-state index contributed by atoms with van der Waals surface area (Å²) < 4.78 is 0. The van der Waals surface area contributed by atoms with Gasteiger partial charge in [-0.1, -0.05) is 17.7 Å². The van der Waals surface area contributed by atoms with E-state index >= 15 is 0 Å². The highest BCUT2D eigenvalue weighted by atomic mass is 35.5. The molecule has 1 atom stereocenters. The molecule has 0 unspecified atom stereocenters. The number of aryl methyl sites for hydroxylation is 1. The zero-order valence-corrected chi connectivity index (χ0v) is 14.4. The standard InChI is InChI=1S/C16H17ClN2S2/c1-10-3-4-12(9-14(10)17)18-16(20)19-7-5-15-13(11(19)2)6-8-21-15/h3-4,6,8-9,11H,5,7H2,1-2H3,(H,18,20)/t11-/m1/s1. The van der Waals surface area contributed by atoms with Crippen molar-refractivity contribution >= 4 is 46.0 Å². The van der Waals surface area contributed by atoms with Crippen LogP contribution in [0.4, 0.5) is 5.69 Å². The molecule has 3 rings (SSSR count). The van der Waals surface area contributed by atoms with Crippen molar-refractivity contribution in [3.63, 3.8) is 0 Å². The first-order valence-corrected chi connectivity index (χ1v) is 8.63. The van der Waals surface area contributed by atoms with E-state index in [1.165, 1.54) is 10.4 Å². The number of hydrogen-bond acceptors (Lipinski definition) is 2. The molecule has 0 bridgehead atoms. The van der Waals surface area contributed by atoms with Gasteiger partial charge in [-0.05, 0) is 67.2 Å². The summed E-state index contributed by atoms with van der Waals surface area (Å²) in [6.45, 7) is 5.16. The van der Waals surface area contributed by atoms with E-state index in [2.05, 4.69) is 28.6 Å². The maximum absolute atomic E-state index is 6.17. The van der Waals surface area contributed by atoms with E-state index in [1.807, 2.05) is 36.5 Å². The molecule has 2 nitrogen and oxygen atoms in total. The molecular formula is C16H17ClN2S2. The van der Waals surface area contributed by atoms with Crippen molar-refractivity contribution in [2.75, 3.05) is 11.9 Å². The Hall–Kier alpha value is -1.10. The lowest BCUT2D eigenvalue weighted by Gasteiger charge is -2.35. The Morgan fingerprint density at radius 3 is 3.00 bits per heavy atom. The second-order valence-electron chi connectivity index (χ2n) is 5.31. The average Bonchev–Trinajstić information content (AvgIpc) is 2.92. The van der Waals surface area contributed by atoms with Crippen LogP contribution in [0.15, 0.2) is 29.6 Å². The number of thiophene rings is 1. The smallest absolute Gasteiger partial charge is 0.173 e. The lowest BCUT2D eigenvalue weighted by atomic mass is 10.0. The van der Waals surface area contributed by atoms with Crippen LogP contribution in [0.1, 0.15) is 29.0 Å². The Morgan fingerprint density at radius 2 is 2.24 bits per heavy atom. The van der Waals surface area contributed by atoms with E-state index in [1.54, 1.807) is 0 Å². The molecule has 0 amide bonds. The molecule has 2 aromatic rings.